The minimum absolute atomic E-state index is 0.141. The van der Waals surface area contributed by atoms with Gasteiger partial charge in [0.25, 0.3) is 0 Å². The highest BCUT2D eigenvalue weighted by Gasteiger charge is 2.36. The Bertz CT molecular complexity index is 522. The van der Waals surface area contributed by atoms with E-state index in [2.05, 4.69) is 34.9 Å². The number of ether oxygens (including phenoxy) is 1. The summed E-state index contributed by atoms with van der Waals surface area (Å²) in [5.41, 5.74) is 1.41. The van der Waals surface area contributed by atoms with Gasteiger partial charge in [0.2, 0.25) is 0 Å². The van der Waals surface area contributed by atoms with Crippen LogP contribution in [0.4, 0.5) is 5.69 Å². The molecule has 0 amide bonds. The molecule has 0 bridgehead atoms. The second-order valence-electron chi connectivity index (χ2n) is 7.51. The Morgan fingerprint density at radius 2 is 2.04 bits per heavy atom. The predicted octanol–water partition coefficient (Wildman–Crippen LogP) is 3.15. The van der Waals surface area contributed by atoms with Gasteiger partial charge in [0.15, 0.2) is 0 Å². The van der Waals surface area contributed by atoms with E-state index in [1.54, 1.807) is 7.11 Å². The molecule has 1 atom stereocenters. The van der Waals surface area contributed by atoms with Gasteiger partial charge in [0.1, 0.15) is 5.75 Å². The third-order valence-electron chi connectivity index (χ3n) is 6.18. The zero-order chi connectivity index (χ0) is 17.0. The van der Waals surface area contributed by atoms with Gasteiger partial charge in [-0.25, -0.2) is 0 Å². The smallest absolute Gasteiger partial charge is 0.120 e. The average Bonchev–Trinajstić information content (AvgIpc) is 2.68. The summed E-state index contributed by atoms with van der Waals surface area (Å²) < 4.78 is 5.35. The molecule has 0 spiro atoms. The largest absolute Gasteiger partial charge is 0.497 e. The number of nitrogens with zero attached hydrogens (tertiary/aromatic N) is 2. The van der Waals surface area contributed by atoms with Crippen LogP contribution in [0.5, 0.6) is 5.75 Å². The van der Waals surface area contributed by atoms with Crippen molar-refractivity contribution in [3.05, 3.63) is 24.3 Å². The first-order valence-corrected chi connectivity index (χ1v) is 9.43. The lowest BCUT2D eigenvalue weighted by atomic mass is 9.77. The van der Waals surface area contributed by atoms with Gasteiger partial charge in [0.05, 0.1) is 7.11 Å². The lowest BCUT2D eigenvalue weighted by Crippen LogP contribution is -2.52. The normalized spacial score (nSPS) is 26.5. The van der Waals surface area contributed by atoms with Gasteiger partial charge in [-0.1, -0.05) is 13.0 Å². The quantitative estimate of drug-likeness (QED) is 0.898. The molecule has 2 fully saturated rings. The van der Waals surface area contributed by atoms with Crippen LogP contribution in [0.3, 0.4) is 0 Å². The highest BCUT2D eigenvalue weighted by molar-refractivity contribution is 5.51. The molecule has 4 nitrogen and oxygen atoms in total. The SMILES string of the molecule is CC[C@]1(CO)CCCN(C2CCN(c3cccc(OC)c3)CC2)C1. The topological polar surface area (TPSA) is 35.9 Å². The number of rotatable bonds is 5. The number of hydrogen-bond donors (Lipinski definition) is 1. The van der Waals surface area contributed by atoms with Gasteiger partial charge in [-0.05, 0) is 50.8 Å². The first kappa shape index (κ1) is 17.6. The third kappa shape index (κ3) is 3.70. The molecule has 1 aromatic rings. The van der Waals surface area contributed by atoms with Crippen LogP contribution < -0.4 is 9.64 Å². The summed E-state index contributed by atoms with van der Waals surface area (Å²) in [5.74, 6) is 0.932. The molecule has 0 saturated carbocycles. The van der Waals surface area contributed by atoms with E-state index in [1.807, 2.05) is 6.07 Å². The van der Waals surface area contributed by atoms with E-state index in [4.69, 9.17) is 4.74 Å². The molecule has 2 saturated heterocycles. The van der Waals surface area contributed by atoms with Crippen molar-refractivity contribution in [2.24, 2.45) is 5.41 Å². The van der Waals surface area contributed by atoms with Crippen LogP contribution in [-0.4, -0.2) is 55.9 Å². The predicted molar refractivity (Wildman–Crippen MR) is 98.8 cm³/mol. The van der Waals surface area contributed by atoms with Crippen molar-refractivity contribution in [1.29, 1.82) is 0 Å². The Kier molecular flexibility index (Phi) is 5.67. The van der Waals surface area contributed by atoms with E-state index in [1.165, 1.54) is 37.9 Å². The molecule has 0 aromatic heterocycles. The number of hydrogen-bond acceptors (Lipinski definition) is 4. The Labute approximate surface area is 146 Å². The van der Waals surface area contributed by atoms with E-state index < -0.39 is 0 Å². The summed E-state index contributed by atoms with van der Waals surface area (Å²) in [7, 11) is 1.73. The van der Waals surface area contributed by atoms with Crippen molar-refractivity contribution in [3.8, 4) is 5.75 Å². The molecule has 2 aliphatic heterocycles. The zero-order valence-corrected chi connectivity index (χ0v) is 15.2. The fourth-order valence-corrected chi connectivity index (χ4v) is 4.38. The molecule has 2 heterocycles. The maximum atomic E-state index is 9.85. The Morgan fingerprint density at radius 3 is 2.71 bits per heavy atom. The highest BCUT2D eigenvalue weighted by Crippen LogP contribution is 2.35. The van der Waals surface area contributed by atoms with E-state index in [-0.39, 0.29) is 5.41 Å². The molecule has 134 valence electrons. The van der Waals surface area contributed by atoms with Crippen LogP contribution in [0.25, 0.3) is 0 Å². The van der Waals surface area contributed by atoms with Crippen molar-refractivity contribution in [2.75, 3.05) is 44.8 Å². The number of methoxy groups -OCH3 is 1. The van der Waals surface area contributed by atoms with Crippen LogP contribution in [-0.2, 0) is 0 Å². The summed E-state index contributed by atoms with van der Waals surface area (Å²) in [6, 6.07) is 9.06. The minimum Gasteiger partial charge on any atom is -0.497 e. The summed E-state index contributed by atoms with van der Waals surface area (Å²) in [6.45, 7) is 7.04. The molecule has 4 heteroatoms. The molecule has 3 rings (SSSR count). The van der Waals surface area contributed by atoms with Crippen LogP contribution in [0.1, 0.15) is 39.0 Å². The molecular formula is C20H32N2O2. The molecule has 0 radical (unpaired) electrons. The van der Waals surface area contributed by atoms with Crippen molar-refractivity contribution in [2.45, 2.75) is 45.1 Å². The van der Waals surface area contributed by atoms with E-state index in [0.29, 0.717) is 12.6 Å². The molecule has 24 heavy (non-hydrogen) atoms. The Hall–Kier alpha value is -1.26. The van der Waals surface area contributed by atoms with Gasteiger partial charge in [-0.2, -0.15) is 0 Å². The van der Waals surface area contributed by atoms with Gasteiger partial charge < -0.3 is 14.7 Å². The number of aliphatic hydroxyl groups excluding tert-OH is 1. The van der Waals surface area contributed by atoms with Crippen molar-refractivity contribution >= 4 is 5.69 Å². The zero-order valence-electron chi connectivity index (χ0n) is 15.2. The van der Waals surface area contributed by atoms with Crippen LogP contribution in [0.15, 0.2) is 24.3 Å². The van der Waals surface area contributed by atoms with Crippen molar-refractivity contribution in [3.63, 3.8) is 0 Å². The lowest BCUT2D eigenvalue weighted by molar-refractivity contribution is 0.00474. The summed E-state index contributed by atoms with van der Waals surface area (Å²) in [6.07, 6.45) is 5.91. The fraction of sp³-hybridized carbons (Fsp3) is 0.700. The fourth-order valence-electron chi connectivity index (χ4n) is 4.38. The number of benzene rings is 1. The third-order valence-corrected chi connectivity index (χ3v) is 6.18. The lowest BCUT2D eigenvalue weighted by Gasteiger charge is -2.47. The first-order chi connectivity index (χ1) is 11.7. The van der Waals surface area contributed by atoms with Crippen LogP contribution >= 0.6 is 0 Å². The van der Waals surface area contributed by atoms with E-state index >= 15 is 0 Å². The van der Waals surface area contributed by atoms with Crippen LogP contribution in [0, 0.1) is 5.41 Å². The standard InChI is InChI=1S/C20H32N2O2/c1-3-20(16-23)10-5-11-22(15-20)17-8-12-21(13-9-17)18-6-4-7-19(14-18)24-2/h4,6-7,14,17,23H,3,5,8-13,15-16H2,1-2H3/t20-/m0/s1. The molecule has 1 N–H and O–H groups in total. The summed E-state index contributed by atoms with van der Waals surface area (Å²) in [4.78, 5) is 5.13. The van der Waals surface area contributed by atoms with E-state index in [0.717, 1.165) is 31.8 Å². The minimum atomic E-state index is 0.141. The molecular weight excluding hydrogens is 300 g/mol. The van der Waals surface area contributed by atoms with Crippen LogP contribution in [0.2, 0.25) is 0 Å². The molecule has 1 aromatic carbocycles. The first-order valence-electron chi connectivity index (χ1n) is 9.43. The number of aliphatic hydroxyl groups is 1. The number of likely N-dealkylation sites (tertiary alicyclic amines) is 1. The van der Waals surface area contributed by atoms with Gasteiger partial charge >= 0.3 is 0 Å². The molecule has 0 unspecified atom stereocenters. The highest BCUT2D eigenvalue weighted by atomic mass is 16.5. The van der Waals surface area contributed by atoms with Gasteiger partial charge in [0, 0.05) is 49.5 Å². The Morgan fingerprint density at radius 1 is 1.25 bits per heavy atom. The monoisotopic (exact) mass is 332 g/mol. The summed E-state index contributed by atoms with van der Waals surface area (Å²) in [5, 5.41) is 9.85. The van der Waals surface area contributed by atoms with Crippen molar-refractivity contribution in [1.82, 2.24) is 4.90 Å². The van der Waals surface area contributed by atoms with Crippen molar-refractivity contribution < 1.29 is 9.84 Å². The second kappa shape index (κ2) is 7.75. The maximum Gasteiger partial charge on any atom is 0.120 e. The summed E-state index contributed by atoms with van der Waals surface area (Å²) >= 11 is 0. The molecule has 2 aliphatic rings. The van der Waals surface area contributed by atoms with Gasteiger partial charge in [-0.15, -0.1) is 0 Å². The maximum absolute atomic E-state index is 9.85. The number of piperidine rings is 2. The second-order valence-corrected chi connectivity index (χ2v) is 7.51. The molecule has 0 aliphatic carbocycles. The average molecular weight is 332 g/mol. The number of anilines is 1. The van der Waals surface area contributed by atoms with Gasteiger partial charge in [-0.3, -0.25) is 4.90 Å². The van der Waals surface area contributed by atoms with E-state index in [9.17, 15) is 5.11 Å². The Balaban J connectivity index is 1.58.